The van der Waals surface area contributed by atoms with Gasteiger partial charge < -0.3 is 19.3 Å². The molecule has 1 saturated heterocycles. The molecule has 4 rings (SSSR count). The van der Waals surface area contributed by atoms with Gasteiger partial charge in [-0.2, -0.15) is 0 Å². The minimum atomic E-state index is -0.297. The van der Waals surface area contributed by atoms with Gasteiger partial charge in [0, 0.05) is 39.9 Å². The molecule has 1 fully saturated rings. The van der Waals surface area contributed by atoms with E-state index in [1.807, 2.05) is 27.8 Å². The number of halogens is 1. The molecule has 2 atom stereocenters. The predicted molar refractivity (Wildman–Crippen MR) is 94.2 cm³/mol. The first kappa shape index (κ1) is 16.6. The summed E-state index contributed by atoms with van der Waals surface area (Å²) in [5, 5.41) is 0. The highest BCUT2D eigenvalue weighted by molar-refractivity contribution is 5.94. The van der Waals surface area contributed by atoms with Gasteiger partial charge in [-0.3, -0.25) is 4.79 Å². The molecule has 0 unspecified atom stereocenters. The van der Waals surface area contributed by atoms with Crippen molar-refractivity contribution < 1.29 is 14.0 Å². The zero-order valence-electron chi connectivity index (χ0n) is 14.8. The summed E-state index contributed by atoms with van der Waals surface area (Å²) >= 11 is 0. The fourth-order valence-electron chi connectivity index (χ4n) is 3.93. The van der Waals surface area contributed by atoms with Crippen molar-refractivity contribution in [3.8, 4) is 0 Å². The second-order valence-electron chi connectivity index (χ2n) is 7.08. The second kappa shape index (κ2) is 6.16. The van der Waals surface area contributed by atoms with Crippen LogP contribution in [0, 0.1) is 5.82 Å². The molecule has 0 bridgehead atoms. The molecule has 0 spiro atoms. The maximum atomic E-state index is 13.2. The monoisotopic (exact) mass is 356 g/mol. The van der Waals surface area contributed by atoms with Crippen molar-refractivity contribution in [2.75, 3.05) is 27.2 Å². The van der Waals surface area contributed by atoms with Crippen LogP contribution in [-0.2, 0) is 6.54 Å². The average Bonchev–Trinajstić information content (AvgIpc) is 3.26. The molecule has 2 aromatic rings. The first-order valence-corrected chi connectivity index (χ1v) is 8.64. The number of urea groups is 1. The van der Waals surface area contributed by atoms with Gasteiger partial charge in [0.1, 0.15) is 11.5 Å². The molecule has 3 heterocycles. The molecule has 2 aliphatic rings. The number of carbonyl (C=O) groups excluding carboxylic acids is 2. The van der Waals surface area contributed by atoms with E-state index in [9.17, 15) is 14.0 Å². The number of amides is 3. The van der Waals surface area contributed by atoms with E-state index in [0.29, 0.717) is 25.3 Å². The summed E-state index contributed by atoms with van der Waals surface area (Å²) in [7, 11) is 3.46. The SMILES string of the molecule is CN(C)C(=O)N1C[C@@H]2[C@H](C1)N(Cc1ccc(F)cc1)C(=O)c1cccn12. The Bertz CT molecular complexity index is 845. The van der Waals surface area contributed by atoms with Gasteiger partial charge in [-0.25, -0.2) is 9.18 Å². The quantitative estimate of drug-likeness (QED) is 0.828. The van der Waals surface area contributed by atoms with E-state index in [4.69, 9.17) is 0 Å². The molecule has 6 nitrogen and oxygen atoms in total. The molecule has 0 aliphatic carbocycles. The van der Waals surface area contributed by atoms with Crippen molar-refractivity contribution in [1.82, 2.24) is 19.3 Å². The van der Waals surface area contributed by atoms with E-state index in [-0.39, 0.29) is 29.8 Å². The first-order chi connectivity index (χ1) is 12.5. The molecule has 136 valence electrons. The Morgan fingerprint density at radius 1 is 1.15 bits per heavy atom. The normalized spacial score (nSPS) is 21.6. The Labute approximate surface area is 151 Å². The van der Waals surface area contributed by atoms with E-state index in [2.05, 4.69) is 0 Å². The average molecular weight is 356 g/mol. The van der Waals surface area contributed by atoms with Crippen LogP contribution in [0.4, 0.5) is 9.18 Å². The van der Waals surface area contributed by atoms with E-state index in [1.165, 1.54) is 12.1 Å². The standard InChI is InChI=1S/C19H21FN4O2/c1-21(2)19(26)22-11-16-17(12-22)24(10-13-5-7-14(20)8-6-13)18(25)15-4-3-9-23(15)16/h3-9,16-17H,10-12H2,1-2H3/t16-,17+/m1/s1. The van der Waals surface area contributed by atoms with Crippen LogP contribution < -0.4 is 0 Å². The summed E-state index contributed by atoms with van der Waals surface area (Å²) in [6.07, 6.45) is 1.91. The Hall–Kier alpha value is -2.83. The van der Waals surface area contributed by atoms with Gasteiger partial charge in [-0.15, -0.1) is 0 Å². The Kier molecular flexibility index (Phi) is 3.94. The van der Waals surface area contributed by atoms with Gasteiger partial charge in [0.25, 0.3) is 5.91 Å². The molecule has 0 N–H and O–H groups in total. The number of likely N-dealkylation sites (tertiary alicyclic amines) is 1. The highest BCUT2D eigenvalue weighted by Gasteiger charge is 2.46. The summed E-state index contributed by atoms with van der Waals surface area (Å²) in [5.74, 6) is -0.353. The Morgan fingerprint density at radius 3 is 2.54 bits per heavy atom. The number of aromatic nitrogens is 1. The minimum absolute atomic E-state index is 0.0297. The van der Waals surface area contributed by atoms with Crippen molar-refractivity contribution in [1.29, 1.82) is 0 Å². The number of benzene rings is 1. The molecular formula is C19H21FN4O2. The van der Waals surface area contributed by atoms with Gasteiger partial charge in [-0.1, -0.05) is 12.1 Å². The van der Waals surface area contributed by atoms with Crippen LogP contribution in [0.2, 0.25) is 0 Å². The van der Waals surface area contributed by atoms with E-state index in [0.717, 1.165) is 5.56 Å². The number of fused-ring (bicyclic) bond motifs is 3. The van der Waals surface area contributed by atoms with Crippen LogP contribution in [-0.4, -0.2) is 64.4 Å². The summed E-state index contributed by atoms with van der Waals surface area (Å²) in [5.41, 5.74) is 1.50. The molecule has 0 radical (unpaired) electrons. The third-order valence-electron chi connectivity index (χ3n) is 5.19. The maximum absolute atomic E-state index is 13.2. The highest BCUT2D eigenvalue weighted by Crippen LogP contribution is 2.34. The van der Waals surface area contributed by atoms with Crippen LogP contribution in [0.1, 0.15) is 22.1 Å². The fourth-order valence-corrected chi connectivity index (χ4v) is 3.93. The molecule has 1 aromatic heterocycles. The number of rotatable bonds is 2. The van der Waals surface area contributed by atoms with Crippen molar-refractivity contribution in [2.45, 2.75) is 18.6 Å². The van der Waals surface area contributed by atoms with Gasteiger partial charge in [0.05, 0.1) is 12.1 Å². The second-order valence-corrected chi connectivity index (χ2v) is 7.08. The molecule has 3 amide bonds. The third kappa shape index (κ3) is 2.64. The lowest BCUT2D eigenvalue weighted by Gasteiger charge is -2.38. The van der Waals surface area contributed by atoms with Crippen molar-refractivity contribution in [3.05, 3.63) is 59.7 Å². The maximum Gasteiger partial charge on any atom is 0.319 e. The zero-order valence-corrected chi connectivity index (χ0v) is 14.8. The van der Waals surface area contributed by atoms with Crippen LogP contribution >= 0.6 is 0 Å². The van der Waals surface area contributed by atoms with Gasteiger partial charge in [0.15, 0.2) is 0 Å². The number of carbonyl (C=O) groups is 2. The third-order valence-corrected chi connectivity index (χ3v) is 5.19. The lowest BCUT2D eigenvalue weighted by Crippen LogP contribution is -2.50. The lowest BCUT2D eigenvalue weighted by atomic mass is 10.0. The number of hydrogen-bond donors (Lipinski definition) is 0. The molecule has 7 heteroatoms. The van der Waals surface area contributed by atoms with E-state index >= 15 is 0 Å². The fraction of sp³-hybridized carbons (Fsp3) is 0.368. The first-order valence-electron chi connectivity index (χ1n) is 8.64. The van der Waals surface area contributed by atoms with E-state index in [1.54, 1.807) is 36.0 Å². The highest BCUT2D eigenvalue weighted by atomic mass is 19.1. The van der Waals surface area contributed by atoms with Gasteiger partial charge >= 0.3 is 6.03 Å². The molecule has 2 aliphatic heterocycles. The lowest BCUT2D eigenvalue weighted by molar-refractivity contribution is 0.0557. The largest absolute Gasteiger partial charge is 0.337 e. The van der Waals surface area contributed by atoms with Crippen LogP contribution in [0.3, 0.4) is 0 Å². The molecule has 0 saturated carbocycles. The summed E-state index contributed by atoms with van der Waals surface area (Å²) in [6, 6.07) is 9.75. The summed E-state index contributed by atoms with van der Waals surface area (Å²) in [6.45, 7) is 1.46. The summed E-state index contributed by atoms with van der Waals surface area (Å²) in [4.78, 5) is 30.6. The zero-order chi connectivity index (χ0) is 18.4. The van der Waals surface area contributed by atoms with Crippen molar-refractivity contribution in [3.63, 3.8) is 0 Å². The number of hydrogen-bond acceptors (Lipinski definition) is 2. The number of nitrogens with zero attached hydrogens (tertiary/aromatic N) is 4. The van der Waals surface area contributed by atoms with Crippen molar-refractivity contribution in [2.24, 2.45) is 0 Å². The van der Waals surface area contributed by atoms with Crippen LogP contribution in [0.5, 0.6) is 0 Å². The molecular weight excluding hydrogens is 335 g/mol. The van der Waals surface area contributed by atoms with Crippen LogP contribution in [0.15, 0.2) is 42.6 Å². The smallest absolute Gasteiger partial charge is 0.319 e. The van der Waals surface area contributed by atoms with Gasteiger partial charge in [0.2, 0.25) is 0 Å². The van der Waals surface area contributed by atoms with Crippen LogP contribution in [0.25, 0.3) is 0 Å². The molecule has 26 heavy (non-hydrogen) atoms. The van der Waals surface area contributed by atoms with E-state index < -0.39 is 0 Å². The Morgan fingerprint density at radius 2 is 1.85 bits per heavy atom. The summed E-state index contributed by atoms with van der Waals surface area (Å²) < 4.78 is 15.2. The Balaban J connectivity index is 1.66. The van der Waals surface area contributed by atoms with Crippen molar-refractivity contribution >= 4 is 11.9 Å². The minimum Gasteiger partial charge on any atom is -0.337 e. The molecule has 1 aromatic carbocycles. The topological polar surface area (TPSA) is 48.8 Å². The van der Waals surface area contributed by atoms with Gasteiger partial charge in [-0.05, 0) is 29.8 Å². The predicted octanol–water partition coefficient (Wildman–Crippen LogP) is 2.19.